The van der Waals surface area contributed by atoms with Gasteiger partial charge < -0.3 is 4.74 Å². The summed E-state index contributed by atoms with van der Waals surface area (Å²) < 4.78 is 30.9. The lowest BCUT2D eigenvalue weighted by Crippen LogP contribution is -2.26. The second-order valence-corrected chi connectivity index (χ2v) is 6.94. The average Bonchev–Trinajstić information content (AvgIpc) is 2.74. The van der Waals surface area contributed by atoms with Crippen molar-refractivity contribution in [1.82, 2.24) is 9.99 Å². The van der Waals surface area contributed by atoms with Gasteiger partial charge in [0.2, 0.25) is 12.2 Å². The zero-order valence-corrected chi connectivity index (χ0v) is 17.6. The number of ether oxygens (including phenoxy) is 1. The van der Waals surface area contributed by atoms with Crippen LogP contribution >= 0.6 is 0 Å². The fourth-order valence-corrected chi connectivity index (χ4v) is 2.71. The van der Waals surface area contributed by atoms with Gasteiger partial charge in [0.25, 0.3) is 0 Å². The van der Waals surface area contributed by atoms with E-state index in [0.29, 0.717) is 23.7 Å². The van der Waals surface area contributed by atoms with E-state index < -0.39 is 6.36 Å². The van der Waals surface area contributed by atoms with Crippen LogP contribution in [0.2, 0.25) is 0 Å². The van der Waals surface area contributed by atoms with Crippen LogP contribution in [0, 0.1) is 5.82 Å². The van der Waals surface area contributed by atoms with E-state index in [-0.39, 0.29) is 11.7 Å². The molecular formula is C23H23F2N5O. The van der Waals surface area contributed by atoms with E-state index in [1.54, 1.807) is 35.5 Å². The lowest BCUT2D eigenvalue weighted by atomic mass is 10.1. The van der Waals surface area contributed by atoms with Crippen LogP contribution in [0.25, 0.3) is 0 Å². The topological polar surface area (TPSA) is 62.4 Å². The van der Waals surface area contributed by atoms with Gasteiger partial charge in [0, 0.05) is 24.8 Å². The Balaban J connectivity index is 1.71. The molecule has 6 nitrogen and oxygen atoms in total. The molecule has 2 heterocycles. The molecule has 31 heavy (non-hydrogen) atoms. The Morgan fingerprint density at radius 2 is 1.87 bits per heavy atom. The third-order valence-electron chi connectivity index (χ3n) is 4.32. The fraction of sp³-hybridized carbons (Fsp3) is 0.217. The first-order chi connectivity index (χ1) is 14.8. The van der Waals surface area contributed by atoms with Crippen molar-refractivity contribution < 1.29 is 13.5 Å². The molecule has 0 saturated heterocycles. The van der Waals surface area contributed by atoms with Crippen molar-refractivity contribution in [3.8, 4) is 5.88 Å². The number of halogens is 2. The number of hydrogen-bond donors (Lipinski definition) is 0. The maximum atomic E-state index is 13.1. The summed E-state index contributed by atoms with van der Waals surface area (Å²) in [5.41, 5.74) is 4.34. The fourth-order valence-electron chi connectivity index (χ4n) is 2.71. The largest absolute Gasteiger partial charge is 0.444 e. The van der Waals surface area contributed by atoms with Gasteiger partial charge in [-0.25, -0.2) is 13.8 Å². The van der Waals surface area contributed by atoms with Crippen LogP contribution in [0.15, 0.2) is 82.3 Å². The monoisotopic (exact) mass is 423 g/mol. The summed E-state index contributed by atoms with van der Waals surface area (Å²) in [5.74, 6) is -0.0892. The summed E-state index contributed by atoms with van der Waals surface area (Å²) in [6, 6.07) is 9.44. The summed E-state index contributed by atoms with van der Waals surface area (Å²) in [7, 11) is 0. The van der Waals surface area contributed by atoms with E-state index in [1.165, 1.54) is 19.1 Å². The van der Waals surface area contributed by atoms with E-state index in [4.69, 9.17) is 4.74 Å². The summed E-state index contributed by atoms with van der Waals surface area (Å²) in [5, 5.41) is 14.8. The van der Waals surface area contributed by atoms with Crippen LogP contribution in [-0.2, 0) is 0 Å². The molecule has 0 bridgehead atoms. The Bertz CT molecular complexity index is 1050. The molecule has 1 aliphatic heterocycles. The van der Waals surface area contributed by atoms with E-state index in [0.717, 1.165) is 16.8 Å². The minimum Gasteiger partial charge on any atom is -0.444 e. The first kappa shape index (κ1) is 22.0. The highest BCUT2D eigenvalue weighted by Crippen LogP contribution is 2.17. The van der Waals surface area contributed by atoms with Crippen molar-refractivity contribution in [2.75, 3.05) is 6.54 Å². The molecule has 0 amide bonds. The predicted octanol–water partition coefficient (Wildman–Crippen LogP) is 4.89. The highest BCUT2D eigenvalue weighted by Gasteiger charge is 2.14. The second kappa shape index (κ2) is 9.88. The Morgan fingerprint density at radius 3 is 2.52 bits per heavy atom. The van der Waals surface area contributed by atoms with E-state index in [1.807, 2.05) is 26.0 Å². The summed E-state index contributed by atoms with van der Waals surface area (Å²) >= 11 is 0. The molecule has 0 N–H and O–H groups in total. The molecule has 1 aromatic carbocycles. The molecule has 0 aliphatic carbocycles. The molecule has 1 aliphatic rings. The highest BCUT2D eigenvalue weighted by atomic mass is 19.1. The van der Waals surface area contributed by atoms with Crippen molar-refractivity contribution >= 4 is 17.1 Å². The van der Waals surface area contributed by atoms with Crippen molar-refractivity contribution in [2.24, 2.45) is 15.3 Å². The second-order valence-electron chi connectivity index (χ2n) is 6.94. The third kappa shape index (κ3) is 6.15. The van der Waals surface area contributed by atoms with Crippen LogP contribution in [0.5, 0.6) is 5.88 Å². The van der Waals surface area contributed by atoms with E-state index in [2.05, 4.69) is 26.9 Å². The lowest BCUT2D eigenvalue weighted by Gasteiger charge is -2.23. The number of aromatic nitrogens is 1. The molecule has 0 saturated carbocycles. The number of rotatable bonds is 7. The van der Waals surface area contributed by atoms with Gasteiger partial charge in [-0.3, -0.25) is 5.01 Å². The Morgan fingerprint density at radius 1 is 1.13 bits per heavy atom. The number of alkyl halides is 1. The summed E-state index contributed by atoms with van der Waals surface area (Å²) in [6.45, 7) is 9.34. The molecule has 0 radical (unpaired) electrons. The van der Waals surface area contributed by atoms with Gasteiger partial charge >= 0.3 is 0 Å². The summed E-state index contributed by atoms with van der Waals surface area (Å²) in [6.07, 6.45) is 3.82. The van der Waals surface area contributed by atoms with Gasteiger partial charge in [0.05, 0.1) is 29.4 Å². The SMILES string of the molecule is C=C1C=CC(c2ccc(OC(C)F)nc2)=NN1C/C(C)=N/N=C(\C)c1ccc(F)cc1. The maximum Gasteiger partial charge on any atom is 0.237 e. The number of hydrazone groups is 1. The zero-order chi connectivity index (χ0) is 22.4. The number of nitrogens with zero attached hydrogens (tertiary/aromatic N) is 5. The molecular weight excluding hydrogens is 400 g/mol. The number of hydrogen-bond acceptors (Lipinski definition) is 6. The van der Waals surface area contributed by atoms with Crippen LogP contribution in [0.4, 0.5) is 8.78 Å². The zero-order valence-electron chi connectivity index (χ0n) is 17.6. The normalized spacial score (nSPS) is 15.7. The van der Waals surface area contributed by atoms with Crippen LogP contribution in [0.1, 0.15) is 31.9 Å². The molecule has 1 unspecified atom stereocenters. The average molecular weight is 423 g/mol. The molecule has 1 aromatic heterocycles. The Hall–Kier alpha value is -3.68. The maximum absolute atomic E-state index is 13.1. The smallest absolute Gasteiger partial charge is 0.237 e. The van der Waals surface area contributed by atoms with Crippen molar-refractivity contribution in [2.45, 2.75) is 27.1 Å². The molecule has 8 heteroatoms. The van der Waals surface area contributed by atoms with Crippen LogP contribution < -0.4 is 4.74 Å². The Kier molecular flexibility index (Phi) is 7.02. The first-order valence-electron chi connectivity index (χ1n) is 9.66. The van der Waals surface area contributed by atoms with Gasteiger partial charge in [-0.2, -0.15) is 15.3 Å². The van der Waals surface area contributed by atoms with E-state index >= 15 is 0 Å². The highest BCUT2D eigenvalue weighted by molar-refractivity contribution is 6.09. The van der Waals surface area contributed by atoms with Crippen LogP contribution in [-0.4, -0.2) is 40.0 Å². The van der Waals surface area contributed by atoms with E-state index in [9.17, 15) is 8.78 Å². The van der Waals surface area contributed by atoms with Crippen LogP contribution in [0.3, 0.4) is 0 Å². The molecule has 160 valence electrons. The van der Waals surface area contributed by atoms with Crippen molar-refractivity contribution in [3.63, 3.8) is 0 Å². The predicted molar refractivity (Wildman–Crippen MR) is 119 cm³/mol. The van der Waals surface area contributed by atoms with Gasteiger partial charge in [0.15, 0.2) is 0 Å². The molecule has 2 aromatic rings. The molecule has 3 rings (SSSR count). The first-order valence-corrected chi connectivity index (χ1v) is 9.66. The number of benzene rings is 1. The van der Waals surface area contributed by atoms with Gasteiger partial charge in [0.1, 0.15) is 5.82 Å². The number of pyridine rings is 1. The third-order valence-corrected chi connectivity index (χ3v) is 4.32. The quantitative estimate of drug-likeness (QED) is 0.471. The van der Waals surface area contributed by atoms with Crippen molar-refractivity contribution in [3.05, 3.63) is 84.0 Å². The number of allylic oxidation sites excluding steroid dienone is 2. The Labute approximate surface area is 180 Å². The van der Waals surface area contributed by atoms with Crippen molar-refractivity contribution in [1.29, 1.82) is 0 Å². The minimum absolute atomic E-state index is 0.206. The lowest BCUT2D eigenvalue weighted by molar-refractivity contribution is 0.0810. The molecule has 1 atom stereocenters. The van der Waals surface area contributed by atoms with Gasteiger partial charge in [-0.15, -0.1) is 0 Å². The van der Waals surface area contributed by atoms with Gasteiger partial charge in [-0.1, -0.05) is 18.7 Å². The minimum atomic E-state index is -1.43. The van der Waals surface area contributed by atoms with Gasteiger partial charge in [-0.05, 0) is 49.8 Å². The molecule has 0 spiro atoms. The molecule has 0 fully saturated rings. The standard InChI is InChI=1S/C23H23F2N5O/c1-15(27-28-17(3)19-6-9-21(25)10-7-19)14-30-16(2)5-11-22(29-30)20-8-12-23(26-13-20)31-18(4)24/h5-13,18H,2,14H2,1,3-4H3/b27-15+,28-17+. The summed E-state index contributed by atoms with van der Waals surface area (Å²) in [4.78, 5) is 4.10.